The Balaban J connectivity index is 4.42. The number of hydrogen-bond donors (Lipinski definition) is 2. The maximum atomic E-state index is 10.8. The molecule has 0 spiro atoms. The average Bonchev–Trinajstić information content (AvgIpc) is 2.13. The predicted molar refractivity (Wildman–Crippen MR) is 45.6 cm³/mol. The van der Waals surface area contributed by atoms with Crippen molar-refractivity contribution in [3.63, 3.8) is 0 Å². The van der Waals surface area contributed by atoms with Crippen molar-refractivity contribution in [3.05, 3.63) is 0 Å². The Morgan fingerprint density at radius 1 is 0.812 bits per heavy atom. The lowest BCUT2D eigenvalue weighted by Gasteiger charge is -2.13. The van der Waals surface area contributed by atoms with Gasteiger partial charge in [0, 0.05) is 13.8 Å². The molecule has 0 aliphatic carbocycles. The number of carbonyl (C=O) groups is 4. The molecule has 2 atom stereocenters. The molecule has 0 aromatic carbocycles. The smallest absolute Gasteiger partial charge is 0.345 e. The van der Waals surface area contributed by atoms with Crippen LogP contribution in [0.4, 0.5) is 0 Å². The SMILES string of the molecule is CC(=O)OC(=O)[C@H](O)[C@@H](O)C(=O)OC(C)=O. The van der Waals surface area contributed by atoms with Crippen LogP contribution in [0.25, 0.3) is 0 Å². The second-order valence-electron chi connectivity index (χ2n) is 2.72. The fourth-order valence-corrected chi connectivity index (χ4v) is 0.662. The van der Waals surface area contributed by atoms with Crippen LogP contribution in [0.3, 0.4) is 0 Å². The number of carbonyl (C=O) groups excluding carboxylic acids is 4. The highest BCUT2D eigenvalue weighted by Gasteiger charge is 2.34. The maximum Gasteiger partial charge on any atom is 0.345 e. The highest BCUT2D eigenvalue weighted by atomic mass is 16.6. The first-order valence-electron chi connectivity index (χ1n) is 4.06. The van der Waals surface area contributed by atoms with Gasteiger partial charge in [-0.1, -0.05) is 0 Å². The summed E-state index contributed by atoms with van der Waals surface area (Å²) in [6.45, 7) is 1.79. The van der Waals surface area contributed by atoms with Crippen LogP contribution in [-0.2, 0) is 28.7 Å². The normalized spacial score (nSPS) is 13.5. The van der Waals surface area contributed by atoms with Crippen molar-refractivity contribution < 1.29 is 38.9 Å². The molecule has 0 heterocycles. The standard InChI is InChI=1S/C8H10O8/c1-3(9)15-7(13)5(11)6(12)8(14)16-4(2)10/h5-6,11-12H,1-2H3/t5-,6-/m1/s1. The van der Waals surface area contributed by atoms with Crippen LogP contribution < -0.4 is 0 Å². The van der Waals surface area contributed by atoms with Gasteiger partial charge >= 0.3 is 23.9 Å². The van der Waals surface area contributed by atoms with Gasteiger partial charge in [-0.05, 0) is 0 Å². The first-order chi connectivity index (χ1) is 7.25. The Morgan fingerprint density at radius 3 is 1.25 bits per heavy atom. The Morgan fingerprint density at radius 2 is 1.06 bits per heavy atom. The number of aliphatic hydroxyl groups excluding tert-OH is 2. The topological polar surface area (TPSA) is 127 Å². The van der Waals surface area contributed by atoms with E-state index in [4.69, 9.17) is 10.2 Å². The molecule has 8 heteroatoms. The number of hydrogen-bond acceptors (Lipinski definition) is 8. The van der Waals surface area contributed by atoms with E-state index < -0.39 is 36.1 Å². The van der Waals surface area contributed by atoms with Gasteiger partial charge in [-0.2, -0.15) is 0 Å². The van der Waals surface area contributed by atoms with E-state index in [2.05, 4.69) is 9.47 Å². The second-order valence-corrected chi connectivity index (χ2v) is 2.72. The van der Waals surface area contributed by atoms with Crippen molar-refractivity contribution in [2.24, 2.45) is 0 Å². The van der Waals surface area contributed by atoms with Crippen molar-refractivity contribution >= 4 is 23.9 Å². The van der Waals surface area contributed by atoms with Crippen molar-refractivity contribution in [2.75, 3.05) is 0 Å². The Kier molecular flexibility index (Phi) is 5.26. The molecule has 16 heavy (non-hydrogen) atoms. The third-order valence-electron chi connectivity index (χ3n) is 1.27. The molecule has 0 amide bonds. The van der Waals surface area contributed by atoms with Crippen LogP contribution in [0.15, 0.2) is 0 Å². The molecule has 0 fully saturated rings. The number of esters is 4. The van der Waals surface area contributed by atoms with Crippen molar-refractivity contribution in [2.45, 2.75) is 26.1 Å². The van der Waals surface area contributed by atoms with Gasteiger partial charge < -0.3 is 19.7 Å². The summed E-state index contributed by atoms with van der Waals surface area (Å²) in [5, 5.41) is 18.1. The van der Waals surface area contributed by atoms with E-state index in [0.29, 0.717) is 0 Å². The molecule has 90 valence electrons. The van der Waals surface area contributed by atoms with Gasteiger partial charge in [0.05, 0.1) is 0 Å². The number of ether oxygens (including phenoxy) is 2. The molecule has 0 saturated carbocycles. The summed E-state index contributed by atoms with van der Waals surface area (Å²) in [5.41, 5.74) is 0. The second kappa shape index (κ2) is 5.93. The Labute approximate surface area is 89.8 Å². The van der Waals surface area contributed by atoms with Crippen LogP contribution in [0.2, 0.25) is 0 Å². The van der Waals surface area contributed by atoms with Crippen LogP contribution in [0, 0.1) is 0 Å². The summed E-state index contributed by atoms with van der Waals surface area (Å²) in [5.74, 6) is -5.06. The molecule has 0 radical (unpaired) electrons. The van der Waals surface area contributed by atoms with E-state index in [9.17, 15) is 19.2 Å². The summed E-state index contributed by atoms with van der Waals surface area (Å²) in [6.07, 6.45) is -4.59. The number of rotatable bonds is 3. The minimum Gasteiger partial charge on any atom is -0.391 e. The highest BCUT2D eigenvalue weighted by molar-refractivity contribution is 5.93. The largest absolute Gasteiger partial charge is 0.391 e. The van der Waals surface area contributed by atoms with E-state index in [1.807, 2.05) is 0 Å². The molecule has 0 saturated heterocycles. The van der Waals surface area contributed by atoms with Gasteiger partial charge in [-0.15, -0.1) is 0 Å². The lowest BCUT2D eigenvalue weighted by molar-refractivity contribution is -0.179. The summed E-state index contributed by atoms with van der Waals surface area (Å²) in [6, 6.07) is 0. The van der Waals surface area contributed by atoms with Gasteiger partial charge in [-0.25, -0.2) is 9.59 Å². The molecule has 0 aliphatic heterocycles. The fraction of sp³-hybridized carbons (Fsp3) is 0.500. The van der Waals surface area contributed by atoms with Gasteiger partial charge in [-0.3, -0.25) is 9.59 Å². The maximum absolute atomic E-state index is 10.8. The van der Waals surface area contributed by atoms with Crippen molar-refractivity contribution in [1.29, 1.82) is 0 Å². The summed E-state index contributed by atoms with van der Waals surface area (Å²) >= 11 is 0. The zero-order valence-corrected chi connectivity index (χ0v) is 8.50. The zero-order valence-electron chi connectivity index (χ0n) is 8.50. The molecule has 0 aromatic heterocycles. The Bertz CT molecular complexity index is 288. The van der Waals surface area contributed by atoms with Crippen molar-refractivity contribution in [1.82, 2.24) is 0 Å². The average molecular weight is 234 g/mol. The van der Waals surface area contributed by atoms with Gasteiger partial charge in [0.25, 0.3) is 0 Å². The molecule has 0 unspecified atom stereocenters. The lowest BCUT2D eigenvalue weighted by Crippen LogP contribution is -2.42. The van der Waals surface area contributed by atoms with Crippen LogP contribution >= 0.6 is 0 Å². The number of aliphatic hydroxyl groups is 2. The summed E-state index contributed by atoms with van der Waals surface area (Å²) in [4.78, 5) is 42.3. The monoisotopic (exact) mass is 234 g/mol. The molecular weight excluding hydrogens is 224 g/mol. The summed E-state index contributed by atoms with van der Waals surface area (Å²) < 4.78 is 7.82. The Hall–Kier alpha value is -1.80. The van der Waals surface area contributed by atoms with Crippen LogP contribution in [0.5, 0.6) is 0 Å². The molecule has 0 aliphatic rings. The fourth-order valence-electron chi connectivity index (χ4n) is 0.662. The van der Waals surface area contributed by atoms with E-state index in [0.717, 1.165) is 13.8 Å². The third-order valence-corrected chi connectivity index (χ3v) is 1.27. The molecule has 2 N–H and O–H groups in total. The van der Waals surface area contributed by atoms with Crippen LogP contribution in [-0.4, -0.2) is 46.3 Å². The van der Waals surface area contributed by atoms with Crippen molar-refractivity contribution in [3.8, 4) is 0 Å². The molecular formula is C8H10O8. The first kappa shape index (κ1) is 14.2. The van der Waals surface area contributed by atoms with E-state index in [1.165, 1.54) is 0 Å². The van der Waals surface area contributed by atoms with E-state index in [-0.39, 0.29) is 0 Å². The van der Waals surface area contributed by atoms with Gasteiger partial charge in [0.2, 0.25) is 0 Å². The minimum atomic E-state index is -2.30. The predicted octanol–water partition coefficient (Wildman–Crippen LogP) is -2.11. The highest BCUT2D eigenvalue weighted by Crippen LogP contribution is 2.00. The molecule has 0 aromatic rings. The zero-order chi connectivity index (χ0) is 12.9. The van der Waals surface area contributed by atoms with Gasteiger partial charge in [0.15, 0.2) is 12.2 Å². The van der Waals surface area contributed by atoms with E-state index >= 15 is 0 Å². The minimum absolute atomic E-state index is 0.894. The quantitative estimate of drug-likeness (QED) is 0.419. The lowest BCUT2D eigenvalue weighted by atomic mass is 10.2. The first-order valence-corrected chi connectivity index (χ1v) is 4.06. The molecule has 8 nitrogen and oxygen atoms in total. The third kappa shape index (κ3) is 4.62. The van der Waals surface area contributed by atoms with Crippen LogP contribution in [0.1, 0.15) is 13.8 Å². The van der Waals surface area contributed by atoms with E-state index in [1.54, 1.807) is 0 Å². The molecule has 0 bridgehead atoms. The van der Waals surface area contributed by atoms with Gasteiger partial charge in [0.1, 0.15) is 0 Å². The molecule has 0 rings (SSSR count). The summed E-state index contributed by atoms with van der Waals surface area (Å²) in [7, 11) is 0.